The van der Waals surface area contributed by atoms with Gasteiger partial charge in [-0.1, -0.05) is 36.4 Å². The molecule has 2 aromatic carbocycles. The molecule has 2 heterocycles. The number of halogens is 1. The fourth-order valence-electron chi connectivity index (χ4n) is 4.29. The molecule has 1 aliphatic rings. The van der Waals surface area contributed by atoms with Crippen molar-refractivity contribution in [1.82, 2.24) is 14.6 Å². The Bertz CT molecular complexity index is 1530. The zero-order chi connectivity index (χ0) is 30.2. The highest BCUT2D eigenvalue weighted by atomic mass is 31.2. The molecule has 15 heteroatoms. The summed E-state index contributed by atoms with van der Waals surface area (Å²) in [6, 6.07) is 11.9. The summed E-state index contributed by atoms with van der Waals surface area (Å²) in [5, 5.41) is 25.4. The molecule has 0 saturated carbocycles. The number of rotatable bonds is 10. The fraction of sp³-hybridized carbons (Fsp3) is 0.423. The van der Waals surface area contributed by atoms with Crippen LogP contribution in [0.1, 0.15) is 33.9 Å². The Hall–Kier alpha value is -3.39. The number of aliphatic hydroxyl groups is 2. The normalized spacial score (nSPS) is 26.5. The fourth-order valence-corrected chi connectivity index (χ4v) is 5.81. The first-order valence-corrected chi connectivity index (χ1v) is 14.2. The van der Waals surface area contributed by atoms with E-state index in [4.69, 9.17) is 24.3 Å². The number of carbonyl (C=O) groups excluding carboxylic acids is 1. The predicted octanol–water partition coefficient (Wildman–Crippen LogP) is 2.42. The number of carbonyl (C=O) groups is 1. The van der Waals surface area contributed by atoms with Crippen molar-refractivity contribution in [3.8, 4) is 5.75 Å². The van der Waals surface area contributed by atoms with E-state index in [1.54, 1.807) is 50.2 Å². The van der Waals surface area contributed by atoms with E-state index in [0.717, 1.165) is 23.1 Å². The Morgan fingerprint density at radius 1 is 1.24 bits per heavy atom. The van der Waals surface area contributed by atoms with Crippen molar-refractivity contribution < 1.29 is 42.5 Å². The molecular weight excluding hydrogens is 562 g/mol. The Labute approximate surface area is 234 Å². The minimum absolute atomic E-state index is 0.0912. The van der Waals surface area contributed by atoms with Crippen LogP contribution in [0.15, 0.2) is 59.5 Å². The van der Waals surface area contributed by atoms with E-state index in [-0.39, 0.29) is 11.6 Å². The van der Waals surface area contributed by atoms with Crippen molar-refractivity contribution >= 4 is 30.3 Å². The maximum Gasteiger partial charge on any atom is 0.459 e. The topological polar surface area (TPSA) is 184 Å². The standard InChI is InChI=1S/C26H32FN4O9P/c1-15(2)38-21(32)16(3)30-41(36,40-19-11-7-9-17-8-5-6-10-18(17)19)37-14-26(27)22(33)25(4,35)23(39-26)31-13-12-20(28)29-24(31)34/h5-13,15-16,22-23,33,35H,14H2,1-4H3,(H,30,36)(H2,28,29,34)/t16-,22-,23+,25+,26+,41-/m0/s1. The first kappa shape index (κ1) is 30.6. The van der Waals surface area contributed by atoms with Crippen molar-refractivity contribution in [1.29, 1.82) is 0 Å². The number of aromatic nitrogens is 2. The molecule has 1 fully saturated rings. The second-order valence-corrected chi connectivity index (χ2v) is 11.8. The first-order chi connectivity index (χ1) is 19.1. The van der Waals surface area contributed by atoms with E-state index >= 15 is 4.39 Å². The second-order valence-electron chi connectivity index (χ2n) is 10.1. The minimum Gasteiger partial charge on any atom is -0.462 e. The number of ether oxygens (including phenoxy) is 2. The molecule has 3 aromatic rings. The largest absolute Gasteiger partial charge is 0.462 e. The number of hydrogen-bond donors (Lipinski definition) is 4. The molecule has 0 radical (unpaired) electrons. The number of benzene rings is 2. The Morgan fingerprint density at radius 3 is 2.61 bits per heavy atom. The molecule has 5 N–H and O–H groups in total. The van der Waals surface area contributed by atoms with E-state index in [1.165, 1.54) is 19.1 Å². The third-order valence-electron chi connectivity index (χ3n) is 6.33. The van der Waals surface area contributed by atoms with Gasteiger partial charge in [0.1, 0.15) is 35.9 Å². The Morgan fingerprint density at radius 2 is 1.93 bits per heavy atom. The lowest BCUT2D eigenvalue weighted by Gasteiger charge is -2.29. The summed E-state index contributed by atoms with van der Waals surface area (Å²) in [5.41, 5.74) is 2.15. The Balaban J connectivity index is 1.64. The summed E-state index contributed by atoms with van der Waals surface area (Å²) in [6.07, 6.45) is -3.43. The van der Waals surface area contributed by atoms with Crippen LogP contribution in [0.3, 0.4) is 0 Å². The van der Waals surface area contributed by atoms with Gasteiger partial charge >= 0.3 is 19.4 Å². The van der Waals surface area contributed by atoms with Crippen molar-refractivity contribution in [2.45, 2.75) is 63.6 Å². The van der Waals surface area contributed by atoms with Crippen LogP contribution in [0.4, 0.5) is 10.2 Å². The second kappa shape index (κ2) is 11.5. The monoisotopic (exact) mass is 594 g/mol. The van der Waals surface area contributed by atoms with Crippen molar-refractivity contribution in [2.75, 3.05) is 12.3 Å². The molecule has 1 aromatic heterocycles. The lowest BCUT2D eigenvalue weighted by Crippen LogP contribution is -2.50. The molecule has 13 nitrogen and oxygen atoms in total. The third kappa shape index (κ3) is 6.43. The first-order valence-electron chi connectivity index (χ1n) is 12.7. The quantitative estimate of drug-likeness (QED) is 0.199. The van der Waals surface area contributed by atoms with Crippen LogP contribution in [0.25, 0.3) is 10.8 Å². The molecule has 1 saturated heterocycles. The van der Waals surface area contributed by atoms with Crippen molar-refractivity contribution in [2.24, 2.45) is 0 Å². The maximum atomic E-state index is 16.1. The van der Waals surface area contributed by atoms with E-state index in [1.807, 2.05) is 0 Å². The number of nitrogen functional groups attached to an aromatic ring is 1. The van der Waals surface area contributed by atoms with Gasteiger partial charge in [-0.3, -0.25) is 13.9 Å². The van der Waals surface area contributed by atoms with Crippen LogP contribution in [0, 0.1) is 0 Å². The summed E-state index contributed by atoms with van der Waals surface area (Å²) in [5.74, 6) is -4.01. The van der Waals surface area contributed by atoms with Gasteiger partial charge in [0.25, 0.3) is 5.85 Å². The van der Waals surface area contributed by atoms with Gasteiger partial charge in [-0.05, 0) is 45.2 Å². The number of nitrogens with one attached hydrogen (secondary N) is 1. The van der Waals surface area contributed by atoms with E-state index in [0.29, 0.717) is 5.39 Å². The van der Waals surface area contributed by atoms with E-state index in [2.05, 4.69) is 10.1 Å². The minimum atomic E-state index is -4.63. The highest BCUT2D eigenvalue weighted by Crippen LogP contribution is 2.51. The number of anilines is 1. The Kier molecular flexibility index (Phi) is 8.55. The molecule has 0 aliphatic carbocycles. The summed E-state index contributed by atoms with van der Waals surface area (Å²) in [7, 11) is -4.63. The number of esters is 1. The van der Waals surface area contributed by atoms with Gasteiger partial charge in [0, 0.05) is 11.6 Å². The molecule has 0 amide bonds. The molecule has 0 spiro atoms. The maximum absolute atomic E-state index is 16.1. The molecule has 0 unspecified atom stereocenters. The number of alkyl halides is 1. The van der Waals surface area contributed by atoms with Crippen LogP contribution in [-0.2, 0) is 23.4 Å². The summed E-state index contributed by atoms with van der Waals surface area (Å²) in [4.78, 5) is 28.3. The zero-order valence-corrected chi connectivity index (χ0v) is 23.7. The number of fused-ring (bicyclic) bond motifs is 1. The molecule has 222 valence electrons. The third-order valence-corrected chi connectivity index (χ3v) is 7.94. The highest BCUT2D eigenvalue weighted by Gasteiger charge is 2.64. The smallest absolute Gasteiger partial charge is 0.459 e. The van der Waals surface area contributed by atoms with Gasteiger partial charge in [0.05, 0.1) is 6.10 Å². The van der Waals surface area contributed by atoms with Gasteiger partial charge in [-0.15, -0.1) is 0 Å². The average molecular weight is 595 g/mol. The zero-order valence-electron chi connectivity index (χ0n) is 22.8. The molecular formula is C26H32FN4O9P. The lowest BCUT2D eigenvalue weighted by molar-refractivity contribution is -0.204. The van der Waals surface area contributed by atoms with Gasteiger partial charge in [-0.2, -0.15) is 10.1 Å². The molecule has 4 rings (SSSR count). The lowest BCUT2D eigenvalue weighted by atomic mass is 9.95. The van der Waals surface area contributed by atoms with Crippen molar-refractivity contribution in [3.05, 3.63) is 65.2 Å². The van der Waals surface area contributed by atoms with Crippen LogP contribution in [0.5, 0.6) is 5.75 Å². The number of nitrogens with two attached hydrogens (primary N) is 1. The molecule has 41 heavy (non-hydrogen) atoms. The average Bonchev–Trinajstić information content (AvgIpc) is 3.07. The summed E-state index contributed by atoms with van der Waals surface area (Å²) < 4.78 is 52.5. The van der Waals surface area contributed by atoms with Gasteiger partial charge in [0.2, 0.25) is 0 Å². The van der Waals surface area contributed by atoms with Crippen LogP contribution < -0.4 is 21.0 Å². The highest BCUT2D eigenvalue weighted by molar-refractivity contribution is 7.52. The van der Waals surface area contributed by atoms with E-state index in [9.17, 15) is 24.4 Å². The van der Waals surface area contributed by atoms with Gasteiger partial charge in [-0.25, -0.2) is 13.8 Å². The van der Waals surface area contributed by atoms with Crippen LogP contribution in [0.2, 0.25) is 0 Å². The molecule has 6 atom stereocenters. The van der Waals surface area contributed by atoms with Crippen LogP contribution >= 0.6 is 7.75 Å². The van der Waals surface area contributed by atoms with Crippen LogP contribution in [-0.4, -0.2) is 62.0 Å². The van der Waals surface area contributed by atoms with Gasteiger partial charge in [0.15, 0.2) is 6.23 Å². The SMILES string of the molecule is CC(C)OC(=O)[C@H](C)N[P@](=O)(OC[C@@]1(F)O[C@@H](n2ccc(N)nc2=O)[C@](C)(O)[C@@H]1O)Oc1cccc2ccccc12. The van der Waals surface area contributed by atoms with Gasteiger partial charge < -0.3 is 29.9 Å². The summed E-state index contributed by atoms with van der Waals surface area (Å²) in [6.45, 7) is 4.40. The molecule has 0 bridgehead atoms. The summed E-state index contributed by atoms with van der Waals surface area (Å²) >= 11 is 0. The van der Waals surface area contributed by atoms with E-state index < -0.39 is 61.9 Å². The number of nitrogens with zero attached hydrogens (tertiary/aromatic N) is 2. The predicted molar refractivity (Wildman–Crippen MR) is 145 cm³/mol. The van der Waals surface area contributed by atoms with Crippen molar-refractivity contribution in [3.63, 3.8) is 0 Å². The molecule has 1 aliphatic heterocycles. The number of hydrogen-bond acceptors (Lipinski definition) is 11. The number of aliphatic hydroxyl groups excluding tert-OH is 1.